The van der Waals surface area contributed by atoms with Crippen LogP contribution in [0, 0.1) is 6.92 Å². The molecular weight excluding hydrogens is 418 g/mol. The zero-order chi connectivity index (χ0) is 23.2. The van der Waals surface area contributed by atoms with E-state index in [-0.39, 0.29) is 18.7 Å². The van der Waals surface area contributed by atoms with Crippen molar-refractivity contribution in [3.63, 3.8) is 0 Å². The molecule has 2 aromatic rings. The summed E-state index contributed by atoms with van der Waals surface area (Å²) >= 11 is 0. The van der Waals surface area contributed by atoms with E-state index in [1.165, 1.54) is 6.92 Å². The third-order valence-corrected chi connectivity index (χ3v) is 4.89. The molecule has 0 fully saturated rings. The van der Waals surface area contributed by atoms with Gasteiger partial charge < -0.3 is 14.8 Å². The fraction of sp³-hybridized carbons (Fsp3) is 0.435. The molecule has 0 saturated heterocycles. The maximum Gasteiger partial charge on any atom is 0.302 e. The van der Waals surface area contributed by atoms with E-state index in [9.17, 15) is 13.2 Å². The lowest BCUT2D eigenvalue weighted by Crippen LogP contribution is -2.39. The number of esters is 1. The molecule has 0 aromatic heterocycles. The molecule has 0 aliphatic carbocycles. The zero-order valence-corrected chi connectivity index (χ0v) is 19.7. The number of ether oxygens (including phenoxy) is 2. The predicted octanol–water partition coefficient (Wildman–Crippen LogP) is 4.26. The van der Waals surface area contributed by atoms with Gasteiger partial charge in [0.15, 0.2) is 0 Å². The maximum absolute atomic E-state index is 11.8. The first kappa shape index (κ1) is 24.8. The van der Waals surface area contributed by atoms with Crippen molar-refractivity contribution in [3.05, 3.63) is 59.2 Å². The minimum atomic E-state index is -3.70. The van der Waals surface area contributed by atoms with Crippen LogP contribution in [0.25, 0.3) is 0 Å². The average Bonchev–Trinajstić information content (AvgIpc) is 2.64. The lowest BCUT2D eigenvalue weighted by Gasteiger charge is -2.25. The number of benzene rings is 2. The van der Waals surface area contributed by atoms with Crippen molar-refractivity contribution < 1.29 is 26.9 Å². The van der Waals surface area contributed by atoms with Crippen LogP contribution >= 0.6 is 0 Å². The molecule has 0 spiro atoms. The van der Waals surface area contributed by atoms with Crippen molar-refractivity contribution >= 4 is 16.1 Å². The number of aryl methyl sites for hydroxylation is 1. The minimum absolute atomic E-state index is 0.0112. The lowest BCUT2D eigenvalue weighted by molar-refractivity contribution is -0.142. The summed E-state index contributed by atoms with van der Waals surface area (Å²) in [6.45, 7) is 9.48. The van der Waals surface area contributed by atoms with Gasteiger partial charge in [-0.25, -0.2) is 0 Å². The van der Waals surface area contributed by atoms with Crippen molar-refractivity contribution in [3.8, 4) is 11.5 Å². The molecule has 0 aliphatic rings. The van der Waals surface area contributed by atoms with Crippen LogP contribution in [0.5, 0.6) is 11.5 Å². The molecule has 0 aliphatic heterocycles. The van der Waals surface area contributed by atoms with Crippen molar-refractivity contribution in [1.82, 2.24) is 5.32 Å². The summed E-state index contributed by atoms with van der Waals surface area (Å²) in [6.07, 6.45) is 0.268. The summed E-state index contributed by atoms with van der Waals surface area (Å²) in [7, 11) is -3.70. The average molecular weight is 450 g/mol. The van der Waals surface area contributed by atoms with Crippen LogP contribution in [0.15, 0.2) is 42.5 Å². The molecule has 8 heteroatoms. The first-order valence-electron chi connectivity index (χ1n) is 9.97. The molecule has 31 heavy (non-hydrogen) atoms. The van der Waals surface area contributed by atoms with E-state index in [0.29, 0.717) is 22.6 Å². The second-order valence-electron chi connectivity index (χ2n) is 8.43. The largest absolute Gasteiger partial charge is 0.461 e. The Morgan fingerprint density at radius 1 is 1.10 bits per heavy atom. The Labute approximate surface area is 184 Å². The molecule has 1 unspecified atom stereocenters. The monoisotopic (exact) mass is 449 g/mol. The van der Waals surface area contributed by atoms with Crippen LogP contribution in [-0.2, 0) is 30.4 Å². The third kappa shape index (κ3) is 8.69. The summed E-state index contributed by atoms with van der Waals surface area (Å²) in [6, 6.07) is 12.8. The fourth-order valence-electron chi connectivity index (χ4n) is 2.80. The van der Waals surface area contributed by atoms with Crippen molar-refractivity contribution in [2.75, 3.05) is 12.8 Å². The van der Waals surface area contributed by atoms with E-state index in [0.717, 1.165) is 11.8 Å². The van der Waals surface area contributed by atoms with Crippen LogP contribution < -0.4 is 10.1 Å². The van der Waals surface area contributed by atoms with Gasteiger partial charge in [0.2, 0.25) is 0 Å². The second kappa shape index (κ2) is 10.3. The quantitative estimate of drug-likeness (QED) is 0.452. The molecule has 0 saturated carbocycles. The van der Waals surface area contributed by atoms with Gasteiger partial charge in [-0.1, -0.05) is 24.3 Å². The van der Waals surface area contributed by atoms with E-state index >= 15 is 0 Å². The SMILES string of the molecule is CC(=O)OCc1cc(C(CNC(C)(C)C)OS(C)(=O)=O)ccc1Oc1ccccc1C. The highest BCUT2D eigenvalue weighted by Crippen LogP contribution is 2.31. The molecule has 0 bridgehead atoms. The summed E-state index contributed by atoms with van der Waals surface area (Å²) in [5, 5.41) is 3.27. The third-order valence-electron chi connectivity index (χ3n) is 4.31. The van der Waals surface area contributed by atoms with Gasteiger partial charge in [0.05, 0.1) is 6.26 Å². The van der Waals surface area contributed by atoms with Crippen LogP contribution in [-0.4, -0.2) is 32.7 Å². The number of para-hydroxylation sites is 1. The Balaban J connectivity index is 2.41. The van der Waals surface area contributed by atoms with Gasteiger partial charge in [0.25, 0.3) is 10.1 Å². The number of carbonyl (C=O) groups excluding carboxylic acids is 1. The summed E-state index contributed by atoms with van der Waals surface area (Å²) in [5.41, 5.74) is 1.96. The standard InChI is InChI=1S/C23H31NO6S/c1-16-9-7-8-10-20(16)29-21-12-11-18(13-19(21)15-28-17(2)25)22(30-31(6,26)27)14-24-23(3,4)5/h7-13,22,24H,14-15H2,1-6H3. The van der Waals surface area contributed by atoms with Gasteiger partial charge in [-0.2, -0.15) is 8.42 Å². The van der Waals surface area contributed by atoms with E-state index in [2.05, 4.69) is 5.32 Å². The topological polar surface area (TPSA) is 90.9 Å². The predicted molar refractivity (Wildman–Crippen MR) is 120 cm³/mol. The van der Waals surface area contributed by atoms with Gasteiger partial charge in [0.1, 0.15) is 24.2 Å². The van der Waals surface area contributed by atoms with Gasteiger partial charge in [-0.05, 0) is 57.0 Å². The smallest absolute Gasteiger partial charge is 0.302 e. The van der Waals surface area contributed by atoms with E-state index in [1.54, 1.807) is 18.2 Å². The summed E-state index contributed by atoms with van der Waals surface area (Å²) in [4.78, 5) is 11.4. The Hall–Kier alpha value is -2.42. The van der Waals surface area contributed by atoms with Crippen molar-refractivity contribution in [2.24, 2.45) is 0 Å². The molecule has 1 N–H and O–H groups in total. The van der Waals surface area contributed by atoms with Crippen molar-refractivity contribution in [2.45, 2.75) is 52.9 Å². The first-order chi connectivity index (χ1) is 14.3. The molecule has 0 heterocycles. The van der Waals surface area contributed by atoms with Crippen LogP contribution in [0.3, 0.4) is 0 Å². The summed E-state index contributed by atoms with van der Waals surface area (Å²) in [5.74, 6) is 0.768. The number of carbonyl (C=O) groups is 1. The molecule has 1 atom stereocenters. The minimum Gasteiger partial charge on any atom is -0.461 e. The highest BCUT2D eigenvalue weighted by atomic mass is 32.2. The highest BCUT2D eigenvalue weighted by molar-refractivity contribution is 7.86. The van der Waals surface area contributed by atoms with Gasteiger partial charge in [-0.3, -0.25) is 8.98 Å². The van der Waals surface area contributed by atoms with Gasteiger partial charge >= 0.3 is 5.97 Å². The molecule has 170 valence electrons. The second-order valence-corrected chi connectivity index (χ2v) is 10.0. The number of hydrogen-bond acceptors (Lipinski definition) is 7. The van der Waals surface area contributed by atoms with E-state index < -0.39 is 22.2 Å². The van der Waals surface area contributed by atoms with Crippen molar-refractivity contribution in [1.29, 1.82) is 0 Å². The van der Waals surface area contributed by atoms with Gasteiger partial charge in [-0.15, -0.1) is 0 Å². The maximum atomic E-state index is 11.8. The van der Waals surface area contributed by atoms with E-state index in [4.69, 9.17) is 13.7 Å². The van der Waals surface area contributed by atoms with Crippen LogP contribution in [0.1, 0.15) is 50.5 Å². The van der Waals surface area contributed by atoms with E-state index in [1.807, 2.05) is 52.0 Å². The lowest BCUT2D eigenvalue weighted by atomic mass is 10.0. The van der Waals surface area contributed by atoms with Crippen LogP contribution in [0.4, 0.5) is 0 Å². The number of nitrogens with one attached hydrogen (secondary N) is 1. The summed E-state index contributed by atoms with van der Waals surface area (Å²) < 4.78 is 40.3. The molecular formula is C23H31NO6S. The molecule has 0 radical (unpaired) electrons. The molecule has 7 nitrogen and oxygen atoms in total. The first-order valence-corrected chi connectivity index (χ1v) is 11.8. The zero-order valence-electron chi connectivity index (χ0n) is 18.9. The molecule has 0 amide bonds. The Bertz CT molecular complexity index is 1010. The Kier molecular flexibility index (Phi) is 8.22. The Morgan fingerprint density at radius 3 is 2.35 bits per heavy atom. The molecule has 2 aromatic carbocycles. The van der Waals surface area contributed by atoms with Gasteiger partial charge in [0, 0.05) is 24.6 Å². The normalized spacial score (nSPS) is 13.0. The highest BCUT2D eigenvalue weighted by Gasteiger charge is 2.22. The molecule has 2 rings (SSSR count). The van der Waals surface area contributed by atoms with Crippen LogP contribution in [0.2, 0.25) is 0 Å². The Morgan fingerprint density at radius 2 is 1.77 bits per heavy atom. The number of rotatable bonds is 9. The fourth-order valence-corrected chi connectivity index (χ4v) is 3.40. The number of hydrogen-bond donors (Lipinski definition) is 1.